The Balaban J connectivity index is 1.71. The first-order chi connectivity index (χ1) is 12.6. The van der Waals surface area contributed by atoms with E-state index < -0.39 is 0 Å². The molecular weight excluding hydrogens is 392 g/mol. The van der Waals surface area contributed by atoms with Crippen LogP contribution in [0.4, 0.5) is 5.82 Å². The average molecular weight is 409 g/mol. The topological polar surface area (TPSA) is 63.8 Å². The van der Waals surface area contributed by atoms with Gasteiger partial charge in [-0.25, -0.2) is 9.97 Å². The molecule has 0 radical (unpaired) electrons. The lowest BCUT2D eigenvalue weighted by Crippen LogP contribution is -2.03. The lowest BCUT2D eigenvalue weighted by atomic mass is 10.1. The minimum Gasteiger partial charge on any atom is -0.363 e. The number of anilines is 1. The maximum absolute atomic E-state index is 5.59. The highest BCUT2D eigenvalue weighted by atomic mass is 79.9. The number of hydrogen-bond acceptors (Lipinski definition) is 5. The van der Waals surface area contributed by atoms with E-state index >= 15 is 0 Å². The maximum atomic E-state index is 5.59. The van der Waals surface area contributed by atoms with Crippen LogP contribution in [-0.4, -0.2) is 15.1 Å². The second kappa shape index (κ2) is 6.88. The predicted molar refractivity (Wildman–Crippen MR) is 106 cm³/mol. The van der Waals surface area contributed by atoms with Crippen molar-refractivity contribution in [3.05, 3.63) is 70.0 Å². The van der Waals surface area contributed by atoms with E-state index in [0.29, 0.717) is 23.8 Å². The lowest BCUT2D eigenvalue weighted by Gasteiger charge is -2.07. The number of fused-ring (bicyclic) bond motifs is 1. The van der Waals surface area contributed by atoms with Crippen LogP contribution < -0.4 is 5.32 Å². The van der Waals surface area contributed by atoms with E-state index in [1.807, 2.05) is 31.2 Å². The van der Waals surface area contributed by atoms with Gasteiger partial charge in [0.05, 0.1) is 0 Å². The number of rotatable bonds is 4. The molecule has 0 atom stereocenters. The molecule has 4 aromatic rings. The van der Waals surface area contributed by atoms with Crippen LogP contribution in [0.5, 0.6) is 0 Å². The van der Waals surface area contributed by atoms with Crippen molar-refractivity contribution in [2.24, 2.45) is 0 Å². The minimum atomic E-state index is 0.571. The molecule has 0 spiro atoms. The third kappa shape index (κ3) is 3.32. The number of aryl methyl sites for hydroxylation is 2. The van der Waals surface area contributed by atoms with Crippen molar-refractivity contribution in [2.45, 2.75) is 20.4 Å². The maximum Gasteiger partial charge on any atom is 0.228 e. The van der Waals surface area contributed by atoms with E-state index in [1.165, 1.54) is 5.56 Å². The van der Waals surface area contributed by atoms with Crippen LogP contribution in [0.2, 0.25) is 0 Å². The zero-order valence-corrected chi connectivity index (χ0v) is 16.0. The molecule has 6 heteroatoms. The zero-order valence-electron chi connectivity index (χ0n) is 14.5. The van der Waals surface area contributed by atoms with Crippen molar-refractivity contribution in [1.82, 2.24) is 15.1 Å². The number of halogens is 1. The van der Waals surface area contributed by atoms with Gasteiger partial charge >= 0.3 is 0 Å². The number of nitrogens with one attached hydrogen (secondary N) is 1. The smallest absolute Gasteiger partial charge is 0.228 e. The Bertz CT molecular complexity index is 1070. The quantitative estimate of drug-likeness (QED) is 0.497. The SMILES string of the molecule is Cc1ccc(-c2noc3c(NCc4cccc(Br)c4)nc(C)nc23)cc1. The molecule has 0 saturated heterocycles. The van der Waals surface area contributed by atoms with Gasteiger partial charge in [-0.2, -0.15) is 0 Å². The monoisotopic (exact) mass is 408 g/mol. The summed E-state index contributed by atoms with van der Waals surface area (Å²) in [6, 6.07) is 16.3. The van der Waals surface area contributed by atoms with Gasteiger partial charge in [0.2, 0.25) is 5.58 Å². The van der Waals surface area contributed by atoms with Gasteiger partial charge in [-0.05, 0) is 31.5 Å². The molecule has 2 heterocycles. The molecule has 0 saturated carbocycles. The molecular formula is C20H17BrN4O. The molecule has 0 aliphatic heterocycles. The molecule has 4 rings (SSSR count). The van der Waals surface area contributed by atoms with Gasteiger partial charge in [-0.15, -0.1) is 0 Å². The summed E-state index contributed by atoms with van der Waals surface area (Å²) in [5.74, 6) is 1.32. The van der Waals surface area contributed by atoms with Gasteiger partial charge in [0.25, 0.3) is 0 Å². The van der Waals surface area contributed by atoms with Crippen molar-refractivity contribution in [3.63, 3.8) is 0 Å². The summed E-state index contributed by atoms with van der Waals surface area (Å²) >= 11 is 3.49. The fraction of sp³-hybridized carbons (Fsp3) is 0.150. The van der Waals surface area contributed by atoms with E-state index in [1.54, 1.807) is 0 Å². The van der Waals surface area contributed by atoms with E-state index in [9.17, 15) is 0 Å². The van der Waals surface area contributed by atoms with E-state index in [0.717, 1.165) is 26.8 Å². The van der Waals surface area contributed by atoms with Crippen molar-refractivity contribution >= 4 is 32.8 Å². The van der Waals surface area contributed by atoms with E-state index in [2.05, 4.69) is 67.6 Å². The number of benzene rings is 2. The largest absolute Gasteiger partial charge is 0.363 e. The molecule has 0 bridgehead atoms. The van der Waals surface area contributed by atoms with Crippen molar-refractivity contribution in [3.8, 4) is 11.3 Å². The van der Waals surface area contributed by atoms with Crippen LogP contribution in [0, 0.1) is 13.8 Å². The normalized spacial score (nSPS) is 11.0. The number of aromatic nitrogens is 3. The van der Waals surface area contributed by atoms with Gasteiger partial charge in [0.15, 0.2) is 5.82 Å². The molecule has 2 aromatic heterocycles. The molecule has 0 aliphatic carbocycles. The summed E-state index contributed by atoms with van der Waals surface area (Å²) in [5, 5.41) is 7.58. The average Bonchev–Trinajstić information content (AvgIpc) is 3.04. The summed E-state index contributed by atoms with van der Waals surface area (Å²) in [5.41, 5.74) is 5.34. The highest BCUT2D eigenvalue weighted by molar-refractivity contribution is 9.10. The molecule has 2 aromatic carbocycles. The Labute approximate surface area is 159 Å². The first-order valence-electron chi connectivity index (χ1n) is 8.29. The van der Waals surface area contributed by atoms with Crippen LogP contribution in [-0.2, 0) is 6.54 Å². The third-order valence-corrected chi connectivity index (χ3v) is 4.60. The molecule has 26 heavy (non-hydrogen) atoms. The number of hydrogen-bond donors (Lipinski definition) is 1. The summed E-state index contributed by atoms with van der Waals surface area (Å²) in [4.78, 5) is 9.04. The number of nitrogens with zero attached hydrogens (tertiary/aromatic N) is 3. The fourth-order valence-electron chi connectivity index (χ4n) is 2.80. The summed E-state index contributed by atoms with van der Waals surface area (Å²) in [6.45, 7) is 4.56. The Morgan fingerprint density at radius 3 is 2.62 bits per heavy atom. The molecule has 0 aliphatic rings. The lowest BCUT2D eigenvalue weighted by molar-refractivity contribution is 0.459. The molecule has 0 amide bonds. The Hall–Kier alpha value is -2.73. The molecule has 130 valence electrons. The first kappa shape index (κ1) is 16.7. The van der Waals surface area contributed by atoms with Gasteiger partial charge in [-0.1, -0.05) is 63.0 Å². The van der Waals surface area contributed by atoms with Crippen LogP contribution in [0.1, 0.15) is 17.0 Å². The van der Waals surface area contributed by atoms with Crippen molar-refractivity contribution in [2.75, 3.05) is 5.32 Å². The Morgan fingerprint density at radius 2 is 1.85 bits per heavy atom. The van der Waals surface area contributed by atoms with E-state index in [4.69, 9.17) is 4.52 Å². The van der Waals surface area contributed by atoms with Gasteiger partial charge in [0.1, 0.15) is 17.0 Å². The molecule has 5 nitrogen and oxygen atoms in total. The van der Waals surface area contributed by atoms with Crippen molar-refractivity contribution < 1.29 is 4.52 Å². The molecule has 1 N–H and O–H groups in total. The standard InChI is InChI=1S/C20H17BrN4O/c1-12-6-8-15(9-7-12)17-18-19(26-25-17)20(24-13(2)23-18)22-11-14-4-3-5-16(21)10-14/h3-10H,11H2,1-2H3,(H,22,23,24). The summed E-state index contributed by atoms with van der Waals surface area (Å²) < 4.78 is 6.63. The summed E-state index contributed by atoms with van der Waals surface area (Å²) in [6.07, 6.45) is 0. The van der Waals surface area contributed by atoms with Gasteiger partial charge in [0, 0.05) is 16.6 Å². The third-order valence-electron chi connectivity index (χ3n) is 4.10. The van der Waals surface area contributed by atoms with E-state index in [-0.39, 0.29) is 0 Å². The Morgan fingerprint density at radius 1 is 1.04 bits per heavy atom. The minimum absolute atomic E-state index is 0.571. The van der Waals surface area contributed by atoms with Crippen LogP contribution in [0.15, 0.2) is 57.5 Å². The highest BCUT2D eigenvalue weighted by Gasteiger charge is 2.17. The Kier molecular flexibility index (Phi) is 4.42. The van der Waals surface area contributed by atoms with Crippen molar-refractivity contribution in [1.29, 1.82) is 0 Å². The first-order valence-corrected chi connectivity index (χ1v) is 9.09. The van der Waals surface area contributed by atoms with Gasteiger partial charge < -0.3 is 9.84 Å². The second-order valence-electron chi connectivity index (χ2n) is 6.18. The highest BCUT2D eigenvalue weighted by Crippen LogP contribution is 2.30. The zero-order chi connectivity index (χ0) is 18.1. The summed E-state index contributed by atoms with van der Waals surface area (Å²) in [7, 11) is 0. The molecule has 0 fully saturated rings. The molecule has 0 unspecified atom stereocenters. The fourth-order valence-corrected chi connectivity index (χ4v) is 3.24. The van der Waals surface area contributed by atoms with Gasteiger partial charge in [-0.3, -0.25) is 0 Å². The van der Waals surface area contributed by atoms with Crippen LogP contribution >= 0.6 is 15.9 Å². The predicted octanol–water partition coefficient (Wildman–Crippen LogP) is 5.28. The second-order valence-corrected chi connectivity index (χ2v) is 7.09. The van der Waals surface area contributed by atoms with Crippen LogP contribution in [0.3, 0.4) is 0 Å². The van der Waals surface area contributed by atoms with Crippen LogP contribution in [0.25, 0.3) is 22.4 Å².